The van der Waals surface area contributed by atoms with Gasteiger partial charge in [0.1, 0.15) is 5.75 Å². The average molecular weight is 300 g/mol. The molecule has 0 bridgehead atoms. The summed E-state index contributed by atoms with van der Waals surface area (Å²) in [5.74, 6) is -0.296. The lowest BCUT2D eigenvalue weighted by Gasteiger charge is -2.07. The normalized spacial score (nSPS) is 11.5. The summed E-state index contributed by atoms with van der Waals surface area (Å²) in [6, 6.07) is 6.78. The van der Waals surface area contributed by atoms with E-state index >= 15 is 0 Å². The Bertz CT molecular complexity index is 778. The summed E-state index contributed by atoms with van der Waals surface area (Å²) in [7, 11) is -3.28. The fourth-order valence-corrected chi connectivity index (χ4v) is 2.34. The number of sulfone groups is 1. The van der Waals surface area contributed by atoms with E-state index in [1.54, 1.807) is 0 Å². The summed E-state index contributed by atoms with van der Waals surface area (Å²) < 4.78 is 23.9. The van der Waals surface area contributed by atoms with Crippen LogP contribution in [0.2, 0.25) is 5.02 Å². The van der Waals surface area contributed by atoms with E-state index in [-0.39, 0.29) is 15.7 Å². The van der Waals surface area contributed by atoms with Crippen LogP contribution in [0.3, 0.4) is 0 Å². The molecule has 19 heavy (non-hydrogen) atoms. The van der Waals surface area contributed by atoms with Gasteiger partial charge in [-0.3, -0.25) is 9.36 Å². The van der Waals surface area contributed by atoms with Gasteiger partial charge in [0.2, 0.25) is 0 Å². The van der Waals surface area contributed by atoms with Gasteiger partial charge in [-0.25, -0.2) is 8.42 Å². The Balaban J connectivity index is 2.55. The Hall–Kier alpha value is -1.79. The first-order chi connectivity index (χ1) is 8.79. The molecule has 0 aliphatic rings. The van der Waals surface area contributed by atoms with Gasteiger partial charge in [0.05, 0.1) is 9.92 Å². The van der Waals surface area contributed by atoms with Crippen LogP contribution < -0.4 is 5.56 Å². The lowest BCUT2D eigenvalue weighted by Crippen LogP contribution is -2.16. The summed E-state index contributed by atoms with van der Waals surface area (Å²) in [6.07, 6.45) is 2.38. The van der Waals surface area contributed by atoms with Crippen LogP contribution in [0.1, 0.15) is 0 Å². The topological polar surface area (TPSA) is 76.4 Å². The number of benzene rings is 1. The molecular weight excluding hydrogens is 290 g/mol. The molecule has 0 unspecified atom stereocenters. The second kappa shape index (κ2) is 4.71. The maximum Gasteiger partial charge on any atom is 0.258 e. The molecule has 0 spiro atoms. The van der Waals surface area contributed by atoms with Gasteiger partial charge < -0.3 is 5.11 Å². The van der Waals surface area contributed by atoms with Crippen LogP contribution in [0.25, 0.3) is 5.69 Å². The van der Waals surface area contributed by atoms with Crippen molar-refractivity contribution >= 4 is 21.4 Å². The summed E-state index contributed by atoms with van der Waals surface area (Å²) >= 11 is 5.73. The van der Waals surface area contributed by atoms with E-state index in [9.17, 15) is 18.3 Å². The van der Waals surface area contributed by atoms with Crippen molar-refractivity contribution < 1.29 is 13.5 Å². The van der Waals surface area contributed by atoms with Crippen molar-refractivity contribution in [3.8, 4) is 11.4 Å². The molecule has 7 heteroatoms. The van der Waals surface area contributed by atoms with E-state index in [1.807, 2.05) is 0 Å². The van der Waals surface area contributed by atoms with Crippen LogP contribution in [0.4, 0.5) is 0 Å². The predicted octanol–water partition coefficient (Wildman–Crippen LogP) is 1.60. The minimum atomic E-state index is -3.28. The molecule has 0 saturated heterocycles. The minimum absolute atomic E-state index is 0.0341. The smallest absolute Gasteiger partial charge is 0.258 e. The Morgan fingerprint density at radius 2 is 1.79 bits per heavy atom. The van der Waals surface area contributed by atoms with Crippen molar-refractivity contribution in [1.82, 2.24) is 4.57 Å². The standard InChI is InChI=1S/C12H10ClNO4S/c1-19(17,18)9-4-2-8(3-5-9)14-7-10(13)11(15)6-12(14)16/h2-7,15H,1H3. The molecule has 1 aromatic heterocycles. The third kappa shape index (κ3) is 2.80. The van der Waals surface area contributed by atoms with Crippen LogP contribution in [-0.2, 0) is 9.84 Å². The molecule has 0 aliphatic carbocycles. The fourth-order valence-electron chi connectivity index (χ4n) is 1.55. The number of pyridine rings is 1. The molecular formula is C12H10ClNO4S. The number of hydrogen-bond donors (Lipinski definition) is 1. The first-order valence-electron chi connectivity index (χ1n) is 5.21. The Morgan fingerprint density at radius 3 is 2.32 bits per heavy atom. The summed E-state index contributed by atoms with van der Waals surface area (Å²) in [6.45, 7) is 0. The molecule has 2 rings (SSSR count). The van der Waals surface area contributed by atoms with Crippen LogP contribution in [-0.4, -0.2) is 24.3 Å². The quantitative estimate of drug-likeness (QED) is 0.914. The molecule has 1 heterocycles. The monoisotopic (exact) mass is 299 g/mol. The highest BCUT2D eigenvalue weighted by molar-refractivity contribution is 7.90. The van der Waals surface area contributed by atoms with Crippen molar-refractivity contribution in [3.63, 3.8) is 0 Å². The van der Waals surface area contributed by atoms with Gasteiger partial charge in [-0.05, 0) is 24.3 Å². The second-order valence-electron chi connectivity index (χ2n) is 3.98. The average Bonchev–Trinajstić information content (AvgIpc) is 2.33. The molecule has 0 saturated carbocycles. The maximum atomic E-state index is 11.7. The van der Waals surface area contributed by atoms with E-state index in [4.69, 9.17) is 11.6 Å². The fraction of sp³-hybridized carbons (Fsp3) is 0.0833. The van der Waals surface area contributed by atoms with Gasteiger partial charge in [-0.2, -0.15) is 0 Å². The first-order valence-corrected chi connectivity index (χ1v) is 7.47. The Labute approximate surface area is 114 Å². The largest absolute Gasteiger partial charge is 0.506 e. The predicted molar refractivity (Wildman–Crippen MR) is 71.8 cm³/mol. The van der Waals surface area contributed by atoms with E-state index in [0.29, 0.717) is 5.69 Å². The minimum Gasteiger partial charge on any atom is -0.506 e. The molecule has 5 nitrogen and oxygen atoms in total. The van der Waals surface area contributed by atoms with Crippen LogP contribution in [0, 0.1) is 0 Å². The molecule has 100 valence electrons. The summed E-state index contributed by atoms with van der Waals surface area (Å²) in [5.41, 5.74) is -0.00620. The summed E-state index contributed by atoms with van der Waals surface area (Å²) in [5, 5.41) is 9.33. The maximum absolute atomic E-state index is 11.7. The Morgan fingerprint density at radius 1 is 1.21 bits per heavy atom. The SMILES string of the molecule is CS(=O)(=O)c1ccc(-n2cc(Cl)c(O)cc2=O)cc1. The third-order valence-electron chi connectivity index (χ3n) is 2.53. The van der Waals surface area contributed by atoms with Gasteiger partial charge in [0.25, 0.3) is 5.56 Å². The number of halogens is 1. The molecule has 0 amide bonds. The number of aromatic hydroxyl groups is 1. The van der Waals surface area contributed by atoms with Crippen LogP contribution in [0.15, 0.2) is 46.2 Å². The number of nitrogens with zero attached hydrogens (tertiary/aromatic N) is 1. The van der Waals surface area contributed by atoms with E-state index in [1.165, 1.54) is 35.0 Å². The molecule has 1 aromatic carbocycles. The van der Waals surface area contributed by atoms with E-state index in [0.717, 1.165) is 12.3 Å². The molecule has 0 aliphatic heterocycles. The Kier molecular flexibility index (Phi) is 3.38. The molecule has 0 atom stereocenters. The van der Waals surface area contributed by atoms with E-state index in [2.05, 4.69) is 0 Å². The van der Waals surface area contributed by atoms with Crippen molar-refractivity contribution in [3.05, 3.63) is 51.9 Å². The molecule has 0 fully saturated rings. The lowest BCUT2D eigenvalue weighted by atomic mass is 10.3. The first kappa shape index (κ1) is 13.6. The third-order valence-corrected chi connectivity index (χ3v) is 3.95. The molecule has 2 aromatic rings. The highest BCUT2D eigenvalue weighted by atomic mass is 35.5. The zero-order valence-corrected chi connectivity index (χ0v) is 11.4. The van der Waals surface area contributed by atoms with Gasteiger partial charge in [0, 0.05) is 24.2 Å². The van der Waals surface area contributed by atoms with Crippen LogP contribution in [0.5, 0.6) is 5.75 Å². The van der Waals surface area contributed by atoms with Gasteiger partial charge in [0.15, 0.2) is 9.84 Å². The lowest BCUT2D eigenvalue weighted by molar-refractivity contribution is 0.473. The van der Waals surface area contributed by atoms with Gasteiger partial charge in [-0.1, -0.05) is 11.6 Å². The zero-order chi connectivity index (χ0) is 14.2. The van der Waals surface area contributed by atoms with Crippen molar-refractivity contribution in [1.29, 1.82) is 0 Å². The number of hydrogen-bond acceptors (Lipinski definition) is 4. The summed E-state index contributed by atoms with van der Waals surface area (Å²) in [4.78, 5) is 11.9. The molecule has 1 N–H and O–H groups in total. The van der Waals surface area contributed by atoms with Gasteiger partial charge >= 0.3 is 0 Å². The van der Waals surface area contributed by atoms with Crippen LogP contribution >= 0.6 is 11.6 Å². The number of aromatic nitrogens is 1. The second-order valence-corrected chi connectivity index (χ2v) is 6.40. The van der Waals surface area contributed by atoms with Gasteiger partial charge in [-0.15, -0.1) is 0 Å². The highest BCUT2D eigenvalue weighted by Crippen LogP contribution is 2.21. The zero-order valence-electron chi connectivity index (χ0n) is 9.87. The van der Waals surface area contributed by atoms with Crippen molar-refractivity contribution in [2.24, 2.45) is 0 Å². The van der Waals surface area contributed by atoms with Crippen molar-refractivity contribution in [2.45, 2.75) is 4.90 Å². The highest BCUT2D eigenvalue weighted by Gasteiger charge is 2.09. The number of rotatable bonds is 2. The van der Waals surface area contributed by atoms with E-state index < -0.39 is 15.4 Å². The van der Waals surface area contributed by atoms with Crippen molar-refractivity contribution in [2.75, 3.05) is 6.26 Å². The molecule has 0 radical (unpaired) electrons.